The molecule has 1 aromatic carbocycles. The molecule has 0 saturated carbocycles. The Morgan fingerprint density at radius 1 is 0.733 bits per heavy atom. The highest BCUT2D eigenvalue weighted by Gasteiger charge is 2.29. The zero-order valence-corrected chi connectivity index (χ0v) is 9.46. The number of hydrogen-bond donors (Lipinski definition) is 0. The fourth-order valence-corrected chi connectivity index (χ4v) is 2.69. The Morgan fingerprint density at radius 3 is 1.27 bits per heavy atom. The van der Waals surface area contributed by atoms with Gasteiger partial charge in [-0.2, -0.15) is 0 Å². The molecule has 0 N–H and O–H groups in total. The molecule has 0 aliphatic heterocycles. The van der Waals surface area contributed by atoms with Gasteiger partial charge in [-0.1, -0.05) is 11.8 Å². The Hall–Kier alpha value is -0.480. The Labute approximate surface area is 88.1 Å². The van der Waals surface area contributed by atoms with Gasteiger partial charge in [0, 0.05) is 0 Å². The zero-order chi connectivity index (χ0) is 12.0. The van der Waals surface area contributed by atoms with Crippen LogP contribution in [0.3, 0.4) is 0 Å². The maximum Gasteiger partial charge on any atom is 0.200 e. The second-order valence-corrected chi connectivity index (χ2v) is 9.16. The molecule has 0 spiro atoms. The third-order valence-electron chi connectivity index (χ3n) is 1.73. The largest absolute Gasteiger partial charge is 0.203 e. The summed E-state index contributed by atoms with van der Waals surface area (Å²) >= 11 is 4.76. The molecule has 0 nitrogen and oxygen atoms in total. The van der Waals surface area contributed by atoms with Gasteiger partial charge < -0.3 is 0 Å². The van der Waals surface area contributed by atoms with Crippen molar-refractivity contribution in [2.45, 2.75) is 0 Å². The standard InChI is InChI=1S/C8H6F5PS/c1-14(2,15)8-6(12)4(10)3(9)5(11)7(8)13/h1-2H3. The van der Waals surface area contributed by atoms with Crippen LogP contribution >= 0.6 is 6.04 Å². The van der Waals surface area contributed by atoms with Crippen molar-refractivity contribution in [3.05, 3.63) is 29.1 Å². The Bertz CT molecular complexity index is 436. The van der Waals surface area contributed by atoms with Gasteiger partial charge in [0.25, 0.3) is 0 Å². The molecule has 1 rings (SSSR count). The van der Waals surface area contributed by atoms with Crippen LogP contribution in [0.15, 0.2) is 0 Å². The maximum atomic E-state index is 13.1. The van der Waals surface area contributed by atoms with Gasteiger partial charge in [-0.15, -0.1) is 0 Å². The van der Waals surface area contributed by atoms with E-state index in [1.807, 2.05) is 0 Å². The molecule has 0 unspecified atom stereocenters. The molecular weight excluding hydrogens is 254 g/mol. The third-order valence-corrected chi connectivity index (χ3v) is 3.74. The maximum absolute atomic E-state index is 13.1. The van der Waals surface area contributed by atoms with Gasteiger partial charge in [0.05, 0.1) is 5.30 Å². The molecule has 7 heteroatoms. The molecule has 84 valence electrons. The van der Waals surface area contributed by atoms with E-state index < -0.39 is 40.4 Å². The lowest BCUT2D eigenvalue weighted by Gasteiger charge is -2.14. The predicted octanol–water partition coefficient (Wildman–Crippen LogP) is 2.75. The smallest absolute Gasteiger partial charge is 0.200 e. The monoisotopic (exact) mass is 260 g/mol. The summed E-state index contributed by atoms with van der Waals surface area (Å²) in [5.41, 5.74) is 0. The summed E-state index contributed by atoms with van der Waals surface area (Å²) in [6.07, 6.45) is 0. The van der Waals surface area contributed by atoms with Gasteiger partial charge in [-0.3, -0.25) is 0 Å². The lowest BCUT2D eigenvalue weighted by atomic mass is 10.3. The molecule has 0 bridgehead atoms. The summed E-state index contributed by atoms with van der Waals surface area (Å²) in [5, 5.41) is -0.867. The van der Waals surface area contributed by atoms with Crippen LogP contribution < -0.4 is 5.30 Å². The number of benzene rings is 1. The highest BCUT2D eigenvalue weighted by atomic mass is 32.4. The van der Waals surface area contributed by atoms with Crippen LogP contribution in [-0.4, -0.2) is 13.3 Å². The SMILES string of the molecule is CP(C)(=S)c1c(F)c(F)c(F)c(F)c1F. The van der Waals surface area contributed by atoms with Crippen molar-refractivity contribution in [2.75, 3.05) is 13.3 Å². The average Bonchev–Trinajstić information content (AvgIpc) is 2.09. The first-order chi connectivity index (χ1) is 6.68. The van der Waals surface area contributed by atoms with Crippen LogP contribution in [0.4, 0.5) is 22.0 Å². The fraction of sp³-hybridized carbons (Fsp3) is 0.250. The highest BCUT2D eigenvalue weighted by Crippen LogP contribution is 2.38. The van der Waals surface area contributed by atoms with E-state index in [2.05, 4.69) is 0 Å². The summed E-state index contributed by atoms with van der Waals surface area (Å²) in [6, 6.07) is -2.73. The van der Waals surface area contributed by atoms with Gasteiger partial charge in [-0.05, 0) is 19.4 Å². The van der Waals surface area contributed by atoms with Gasteiger partial charge in [0.2, 0.25) is 5.82 Å². The summed E-state index contributed by atoms with van der Waals surface area (Å²) < 4.78 is 64.4. The first-order valence-corrected chi connectivity index (χ1v) is 7.44. The van der Waals surface area contributed by atoms with Gasteiger partial charge in [0.1, 0.15) is 0 Å². The van der Waals surface area contributed by atoms with Crippen molar-refractivity contribution >= 4 is 23.1 Å². The lowest BCUT2D eigenvalue weighted by Crippen LogP contribution is -2.20. The highest BCUT2D eigenvalue weighted by molar-refractivity contribution is 8.17. The Kier molecular flexibility index (Phi) is 3.22. The van der Waals surface area contributed by atoms with Crippen molar-refractivity contribution in [3.63, 3.8) is 0 Å². The van der Waals surface area contributed by atoms with Crippen LogP contribution in [0.25, 0.3) is 0 Å². The zero-order valence-electron chi connectivity index (χ0n) is 7.75. The van der Waals surface area contributed by atoms with Crippen LogP contribution in [0.1, 0.15) is 0 Å². The van der Waals surface area contributed by atoms with E-state index in [-0.39, 0.29) is 0 Å². The first-order valence-electron chi connectivity index (χ1n) is 3.75. The first kappa shape index (κ1) is 12.6. The number of rotatable bonds is 1. The normalized spacial score (nSPS) is 11.9. The molecule has 0 saturated heterocycles. The van der Waals surface area contributed by atoms with Crippen molar-refractivity contribution in [1.82, 2.24) is 0 Å². The lowest BCUT2D eigenvalue weighted by molar-refractivity contribution is 0.384. The molecule has 15 heavy (non-hydrogen) atoms. The molecule has 0 atom stereocenters. The molecule has 0 aliphatic carbocycles. The van der Waals surface area contributed by atoms with Crippen molar-refractivity contribution < 1.29 is 22.0 Å². The summed E-state index contributed by atoms with van der Waals surface area (Å²) in [7, 11) is 0. The number of hydrogen-bond acceptors (Lipinski definition) is 1. The molecule has 0 heterocycles. The minimum Gasteiger partial charge on any atom is -0.203 e. The van der Waals surface area contributed by atoms with Crippen molar-refractivity contribution in [3.8, 4) is 0 Å². The van der Waals surface area contributed by atoms with Gasteiger partial charge >= 0.3 is 0 Å². The van der Waals surface area contributed by atoms with Crippen molar-refractivity contribution in [2.24, 2.45) is 0 Å². The quantitative estimate of drug-likeness (QED) is 0.324. The Morgan fingerprint density at radius 2 is 1.00 bits per heavy atom. The van der Waals surface area contributed by atoms with E-state index >= 15 is 0 Å². The van der Waals surface area contributed by atoms with Crippen LogP contribution in [0.2, 0.25) is 0 Å². The molecular formula is C8H6F5PS. The minimum atomic E-state index is -2.73. The summed E-state index contributed by atoms with van der Waals surface area (Å²) in [6.45, 7) is 2.58. The summed E-state index contributed by atoms with van der Waals surface area (Å²) in [4.78, 5) is 0. The predicted molar refractivity (Wildman–Crippen MR) is 52.0 cm³/mol. The molecule has 0 aromatic heterocycles. The van der Waals surface area contributed by atoms with Crippen LogP contribution in [0.5, 0.6) is 0 Å². The van der Waals surface area contributed by atoms with E-state index in [4.69, 9.17) is 11.8 Å². The average molecular weight is 260 g/mol. The van der Waals surface area contributed by atoms with E-state index in [9.17, 15) is 22.0 Å². The fourth-order valence-electron chi connectivity index (χ4n) is 1.07. The second kappa shape index (κ2) is 3.83. The van der Waals surface area contributed by atoms with E-state index in [0.29, 0.717) is 0 Å². The van der Waals surface area contributed by atoms with Gasteiger partial charge in [-0.25, -0.2) is 22.0 Å². The third kappa shape index (κ3) is 2.06. The van der Waals surface area contributed by atoms with Crippen LogP contribution in [0, 0.1) is 29.1 Å². The Balaban J connectivity index is 3.76. The van der Waals surface area contributed by atoms with E-state index in [1.54, 1.807) is 0 Å². The van der Waals surface area contributed by atoms with Gasteiger partial charge in [0.15, 0.2) is 23.3 Å². The van der Waals surface area contributed by atoms with E-state index in [0.717, 1.165) is 0 Å². The summed E-state index contributed by atoms with van der Waals surface area (Å²) in [5.74, 6) is -9.68. The molecule has 0 fully saturated rings. The van der Waals surface area contributed by atoms with E-state index in [1.165, 1.54) is 13.3 Å². The topological polar surface area (TPSA) is 0 Å². The number of halogens is 5. The second-order valence-electron chi connectivity index (χ2n) is 3.27. The molecule has 0 amide bonds. The molecule has 0 radical (unpaired) electrons. The van der Waals surface area contributed by atoms with Crippen molar-refractivity contribution in [1.29, 1.82) is 0 Å². The molecule has 0 aliphatic rings. The van der Waals surface area contributed by atoms with Crippen LogP contribution in [-0.2, 0) is 11.8 Å². The minimum absolute atomic E-state index is 0.867. The molecule has 1 aromatic rings.